The average molecular weight is 297 g/mol. The van der Waals surface area contributed by atoms with Crippen molar-refractivity contribution in [3.63, 3.8) is 0 Å². The summed E-state index contributed by atoms with van der Waals surface area (Å²) in [6.45, 7) is 0. The van der Waals surface area contributed by atoms with Crippen molar-refractivity contribution in [3.8, 4) is 0 Å². The second-order valence-electron chi connectivity index (χ2n) is 4.79. The molecule has 0 aliphatic heterocycles. The highest BCUT2D eigenvalue weighted by atomic mass is 32.2. The lowest BCUT2D eigenvalue weighted by Gasteiger charge is -2.07. The van der Waals surface area contributed by atoms with Gasteiger partial charge in [-0.15, -0.1) is 11.8 Å². The van der Waals surface area contributed by atoms with E-state index in [0.29, 0.717) is 16.8 Å². The molecule has 0 atom stereocenters. The van der Waals surface area contributed by atoms with Gasteiger partial charge in [0.15, 0.2) is 5.43 Å². The molecule has 0 saturated heterocycles. The van der Waals surface area contributed by atoms with Crippen molar-refractivity contribution in [2.24, 2.45) is 0 Å². The number of hydrogen-bond acceptors (Lipinski definition) is 4. The van der Waals surface area contributed by atoms with Crippen molar-refractivity contribution in [1.82, 2.24) is 4.98 Å². The molecule has 5 heteroatoms. The zero-order valence-corrected chi connectivity index (χ0v) is 12.1. The number of thioether (sulfide) groups is 1. The number of rotatable bonds is 3. The van der Waals surface area contributed by atoms with Crippen LogP contribution in [-0.2, 0) is 5.75 Å². The number of fused-ring (bicyclic) bond motifs is 1. The van der Waals surface area contributed by atoms with E-state index >= 15 is 0 Å². The van der Waals surface area contributed by atoms with Crippen molar-refractivity contribution in [3.05, 3.63) is 64.4 Å². The predicted molar refractivity (Wildman–Crippen MR) is 89.4 cm³/mol. The average Bonchev–Trinajstić information content (AvgIpc) is 2.47. The van der Waals surface area contributed by atoms with E-state index in [2.05, 4.69) is 4.98 Å². The van der Waals surface area contributed by atoms with E-state index in [1.165, 1.54) is 0 Å². The molecule has 2 aromatic carbocycles. The number of anilines is 2. The quantitative estimate of drug-likeness (QED) is 0.512. The van der Waals surface area contributed by atoms with Crippen LogP contribution in [0.15, 0.2) is 58.2 Å². The fourth-order valence-corrected chi connectivity index (χ4v) is 3.04. The van der Waals surface area contributed by atoms with Crippen LogP contribution in [0.25, 0.3) is 10.9 Å². The smallest absolute Gasteiger partial charge is 0.189 e. The Labute approximate surface area is 126 Å². The van der Waals surface area contributed by atoms with E-state index in [1.54, 1.807) is 30.0 Å². The Morgan fingerprint density at radius 1 is 1.05 bits per heavy atom. The maximum Gasteiger partial charge on any atom is 0.189 e. The Bertz CT molecular complexity index is 858. The van der Waals surface area contributed by atoms with Crippen LogP contribution in [0.1, 0.15) is 5.69 Å². The molecular formula is C16H15N3OS. The Morgan fingerprint density at radius 3 is 2.67 bits per heavy atom. The van der Waals surface area contributed by atoms with Gasteiger partial charge in [0.25, 0.3) is 0 Å². The molecule has 5 N–H and O–H groups in total. The number of hydrogen-bond donors (Lipinski definition) is 3. The third kappa shape index (κ3) is 2.87. The molecule has 0 radical (unpaired) electrons. The number of benzene rings is 2. The summed E-state index contributed by atoms with van der Waals surface area (Å²) in [5.41, 5.74) is 14.6. The number of nitrogens with one attached hydrogen (secondary N) is 1. The molecule has 21 heavy (non-hydrogen) atoms. The Hall–Kier alpha value is -2.40. The van der Waals surface area contributed by atoms with Gasteiger partial charge in [-0.2, -0.15) is 0 Å². The van der Waals surface area contributed by atoms with Crippen molar-refractivity contribution >= 4 is 34.0 Å². The summed E-state index contributed by atoms with van der Waals surface area (Å²) in [5, 5.41) is 0.614. The fourth-order valence-electron chi connectivity index (χ4n) is 2.17. The van der Waals surface area contributed by atoms with E-state index in [9.17, 15) is 4.79 Å². The number of aromatic nitrogens is 1. The molecule has 0 bridgehead atoms. The molecule has 0 spiro atoms. The second kappa shape index (κ2) is 5.54. The first-order chi connectivity index (χ1) is 10.1. The van der Waals surface area contributed by atoms with Crippen LogP contribution in [0.4, 0.5) is 11.4 Å². The Balaban J connectivity index is 1.90. The van der Waals surface area contributed by atoms with Crippen molar-refractivity contribution < 1.29 is 0 Å². The van der Waals surface area contributed by atoms with Gasteiger partial charge in [0.1, 0.15) is 0 Å². The van der Waals surface area contributed by atoms with Gasteiger partial charge < -0.3 is 16.5 Å². The van der Waals surface area contributed by atoms with Crippen LogP contribution in [0.2, 0.25) is 0 Å². The van der Waals surface area contributed by atoms with Gasteiger partial charge in [0.2, 0.25) is 0 Å². The second-order valence-corrected chi connectivity index (χ2v) is 5.81. The predicted octanol–water partition coefficient (Wildman–Crippen LogP) is 2.98. The molecule has 1 heterocycles. The summed E-state index contributed by atoms with van der Waals surface area (Å²) in [6, 6.07) is 14.6. The molecule has 106 valence electrons. The molecule has 3 aromatic rings. The standard InChI is InChI=1S/C16H15N3OS/c17-10-5-6-14-12(7-10)15(20)8-11(19-14)9-21-16-4-2-1-3-13(16)18/h1-8H,9,17-18H2,(H,19,20). The van der Waals surface area contributed by atoms with Crippen molar-refractivity contribution in [2.75, 3.05) is 11.5 Å². The number of pyridine rings is 1. The topological polar surface area (TPSA) is 84.9 Å². The minimum Gasteiger partial charge on any atom is -0.399 e. The van der Waals surface area contributed by atoms with Crippen LogP contribution in [-0.4, -0.2) is 4.98 Å². The lowest BCUT2D eigenvalue weighted by Crippen LogP contribution is -2.05. The highest BCUT2D eigenvalue weighted by molar-refractivity contribution is 7.98. The summed E-state index contributed by atoms with van der Waals surface area (Å²) in [5.74, 6) is 0.657. The molecule has 0 fully saturated rings. The maximum absolute atomic E-state index is 12.1. The van der Waals surface area contributed by atoms with Crippen molar-refractivity contribution in [1.29, 1.82) is 0 Å². The van der Waals surface area contributed by atoms with Gasteiger partial charge in [-0.25, -0.2) is 0 Å². The number of H-pyrrole nitrogens is 1. The third-order valence-corrected chi connectivity index (χ3v) is 4.35. The summed E-state index contributed by atoms with van der Waals surface area (Å²) in [6.07, 6.45) is 0. The molecule has 4 nitrogen and oxygen atoms in total. The van der Waals surface area contributed by atoms with Crippen LogP contribution in [0.5, 0.6) is 0 Å². The lowest BCUT2D eigenvalue weighted by atomic mass is 10.2. The van der Waals surface area contributed by atoms with E-state index in [0.717, 1.165) is 21.8 Å². The number of nitrogen functional groups attached to an aromatic ring is 2. The van der Waals surface area contributed by atoms with Gasteiger partial charge in [-0.05, 0) is 30.3 Å². The zero-order chi connectivity index (χ0) is 14.8. The maximum atomic E-state index is 12.1. The van der Waals surface area contributed by atoms with Gasteiger partial charge in [-0.1, -0.05) is 12.1 Å². The Morgan fingerprint density at radius 2 is 1.86 bits per heavy atom. The highest BCUT2D eigenvalue weighted by Gasteiger charge is 2.05. The van der Waals surface area contributed by atoms with E-state index < -0.39 is 0 Å². The first kappa shape index (κ1) is 13.6. The molecule has 0 aliphatic rings. The largest absolute Gasteiger partial charge is 0.399 e. The van der Waals surface area contributed by atoms with Crippen molar-refractivity contribution in [2.45, 2.75) is 10.6 Å². The molecule has 3 rings (SSSR count). The number of para-hydroxylation sites is 1. The first-order valence-corrected chi connectivity index (χ1v) is 7.51. The highest BCUT2D eigenvalue weighted by Crippen LogP contribution is 2.27. The SMILES string of the molecule is Nc1ccc2[nH]c(CSc3ccccc3N)cc(=O)c2c1. The van der Waals surface area contributed by atoms with Gasteiger partial charge >= 0.3 is 0 Å². The number of aromatic amines is 1. The first-order valence-electron chi connectivity index (χ1n) is 6.52. The van der Waals surface area contributed by atoms with Gasteiger partial charge in [-0.3, -0.25) is 4.79 Å². The molecule has 0 unspecified atom stereocenters. The van der Waals surface area contributed by atoms with Crippen LogP contribution >= 0.6 is 11.8 Å². The van der Waals surface area contributed by atoms with Gasteiger partial charge in [0, 0.05) is 44.7 Å². The molecule has 0 amide bonds. The van der Waals surface area contributed by atoms with Crippen LogP contribution < -0.4 is 16.9 Å². The summed E-state index contributed by atoms with van der Waals surface area (Å²) >= 11 is 1.60. The molecule has 0 saturated carbocycles. The fraction of sp³-hybridized carbons (Fsp3) is 0.0625. The van der Waals surface area contributed by atoms with E-state index in [-0.39, 0.29) is 5.43 Å². The number of nitrogens with two attached hydrogens (primary N) is 2. The normalized spacial score (nSPS) is 10.9. The van der Waals surface area contributed by atoms with E-state index in [4.69, 9.17) is 11.5 Å². The molecule has 1 aromatic heterocycles. The van der Waals surface area contributed by atoms with Gasteiger partial charge in [0.05, 0.1) is 0 Å². The summed E-state index contributed by atoms with van der Waals surface area (Å²) < 4.78 is 0. The minimum absolute atomic E-state index is 0.0207. The summed E-state index contributed by atoms with van der Waals surface area (Å²) in [7, 11) is 0. The lowest BCUT2D eigenvalue weighted by molar-refractivity contribution is 1.21. The van der Waals surface area contributed by atoms with Crippen LogP contribution in [0, 0.1) is 0 Å². The van der Waals surface area contributed by atoms with E-state index in [1.807, 2.05) is 30.3 Å². The third-order valence-electron chi connectivity index (χ3n) is 3.21. The molecule has 0 aliphatic carbocycles. The molecular weight excluding hydrogens is 282 g/mol. The minimum atomic E-state index is -0.0207. The Kier molecular flexibility index (Phi) is 3.58. The van der Waals surface area contributed by atoms with Crippen LogP contribution in [0.3, 0.4) is 0 Å². The zero-order valence-electron chi connectivity index (χ0n) is 11.3. The monoisotopic (exact) mass is 297 g/mol. The summed E-state index contributed by atoms with van der Waals surface area (Å²) in [4.78, 5) is 16.4.